The SMILES string of the molecule is COc1cc(N2CCNCC2)ccc1Cl.N=C(Cl)c1ccccc1NCC=O. The molecule has 1 heterocycles. The Morgan fingerprint density at radius 2 is 2.00 bits per heavy atom. The molecule has 0 aromatic heterocycles. The van der Waals surface area contributed by atoms with E-state index in [0.29, 0.717) is 16.3 Å². The minimum Gasteiger partial charge on any atom is -0.495 e. The fourth-order valence-electron chi connectivity index (χ4n) is 2.75. The Bertz CT molecular complexity index is 796. The summed E-state index contributed by atoms with van der Waals surface area (Å²) in [5.74, 6) is 0.743. The number of hydrogen-bond donors (Lipinski definition) is 3. The molecule has 2 aromatic rings. The third kappa shape index (κ3) is 6.41. The van der Waals surface area contributed by atoms with Crippen molar-refractivity contribution in [3.63, 3.8) is 0 Å². The third-order valence-electron chi connectivity index (χ3n) is 4.16. The number of carbonyl (C=O) groups is 1. The molecule has 6 nitrogen and oxygen atoms in total. The Balaban J connectivity index is 0.000000203. The minimum atomic E-state index is -0.0333. The van der Waals surface area contributed by atoms with Gasteiger partial charge in [0, 0.05) is 49.2 Å². The van der Waals surface area contributed by atoms with Crippen LogP contribution in [0, 0.1) is 5.41 Å². The van der Waals surface area contributed by atoms with E-state index in [0.717, 1.165) is 38.2 Å². The van der Waals surface area contributed by atoms with Crippen molar-refractivity contribution in [3.05, 3.63) is 53.1 Å². The number of para-hydroxylation sites is 1. The molecule has 0 unspecified atom stereocenters. The van der Waals surface area contributed by atoms with E-state index in [4.69, 9.17) is 33.3 Å². The maximum Gasteiger partial charge on any atom is 0.139 e. The predicted octanol–water partition coefficient (Wildman–Crippen LogP) is 3.62. The zero-order valence-corrected chi connectivity index (χ0v) is 17.2. The number of hydrogen-bond acceptors (Lipinski definition) is 6. The maximum atomic E-state index is 10.1. The summed E-state index contributed by atoms with van der Waals surface area (Å²) in [6, 6.07) is 13.0. The van der Waals surface area contributed by atoms with Gasteiger partial charge in [0.25, 0.3) is 0 Å². The number of aldehydes is 1. The summed E-state index contributed by atoms with van der Waals surface area (Å²) in [6.07, 6.45) is 0.759. The van der Waals surface area contributed by atoms with Crippen molar-refractivity contribution in [2.24, 2.45) is 0 Å². The quantitative estimate of drug-likeness (QED) is 0.489. The van der Waals surface area contributed by atoms with E-state index in [9.17, 15) is 4.79 Å². The van der Waals surface area contributed by atoms with Gasteiger partial charge in [-0.3, -0.25) is 5.41 Å². The number of rotatable bonds is 6. The van der Waals surface area contributed by atoms with E-state index in [1.807, 2.05) is 24.3 Å². The lowest BCUT2D eigenvalue weighted by Gasteiger charge is -2.29. The number of ether oxygens (including phenoxy) is 1. The van der Waals surface area contributed by atoms with Crippen molar-refractivity contribution in [2.45, 2.75) is 0 Å². The molecule has 0 saturated carbocycles. The highest BCUT2D eigenvalue weighted by molar-refractivity contribution is 6.69. The van der Waals surface area contributed by atoms with Gasteiger partial charge in [0.1, 0.15) is 17.2 Å². The number of methoxy groups -OCH3 is 1. The molecule has 0 radical (unpaired) electrons. The van der Waals surface area contributed by atoms with Gasteiger partial charge >= 0.3 is 0 Å². The topological polar surface area (TPSA) is 77.5 Å². The van der Waals surface area contributed by atoms with Crippen LogP contribution in [0.25, 0.3) is 0 Å². The molecular weight excluding hydrogens is 399 g/mol. The molecule has 8 heteroatoms. The van der Waals surface area contributed by atoms with E-state index in [2.05, 4.69) is 15.5 Å². The lowest BCUT2D eigenvalue weighted by atomic mass is 10.2. The molecule has 1 aliphatic heterocycles. The molecule has 3 N–H and O–H groups in total. The summed E-state index contributed by atoms with van der Waals surface area (Å²) in [5, 5.41) is 14.1. The molecule has 1 aliphatic rings. The molecule has 150 valence electrons. The van der Waals surface area contributed by atoms with Crippen LogP contribution in [0.15, 0.2) is 42.5 Å². The van der Waals surface area contributed by atoms with E-state index in [-0.39, 0.29) is 11.7 Å². The molecular formula is C20H24Cl2N4O2. The molecule has 0 aliphatic carbocycles. The van der Waals surface area contributed by atoms with E-state index in [1.165, 1.54) is 5.69 Å². The fraction of sp³-hybridized carbons (Fsp3) is 0.300. The fourth-order valence-corrected chi connectivity index (χ4v) is 3.11. The second kappa shape index (κ2) is 11.5. The Labute approximate surface area is 175 Å². The maximum absolute atomic E-state index is 10.1. The number of nitrogens with zero attached hydrogens (tertiary/aromatic N) is 1. The van der Waals surface area contributed by atoms with Crippen LogP contribution in [0.5, 0.6) is 5.75 Å². The van der Waals surface area contributed by atoms with Crippen LogP contribution >= 0.6 is 23.2 Å². The van der Waals surface area contributed by atoms with E-state index >= 15 is 0 Å². The van der Waals surface area contributed by atoms with Crippen LogP contribution < -0.4 is 20.3 Å². The Morgan fingerprint density at radius 1 is 1.29 bits per heavy atom. The number of piperazine rings is 1. The second-order valence-electron chi connectivity index (χ2n) is 5.96. The zero-order valence-electron chi connectivity index (χ0n) is 15.7. The van der Waals surface area contributed by atoms with E-state index in [1.54, 1.807) is 25.3 Å². The molecule has 28 heavy (non-hydrogen) atoms. The molecule has 0 bridgehead atoms. The monoisotopic (exact) mass is 422 g/mol. The van der Waals surface area contributed by atoms with Crippen molar-refractivity contribution < 1.29 is 9.53 Å². The Kier molecular flexibility index (Phi) is 9.07. The first-order valence-corrected chi connectivity index (χ1v) is 9.62. The normalized spacial score (nSPS) is 13.2. The molecule has 1 fully saturated rings. The van der Waals surface area contributed by atoms with Crippen LogP contribution in [0.2, 0.25) is 5.02 Å². The highest BCUT2D eigenvalue weighted by Gasteiger charge is 2.12. The molecule has 3 rings (SSSR count). The van der Waals surface area contributed by atoms with Gasteiger partial charge in [-0.15, -0.1) is 0 Å². The zero-order chi connectivity index (χ0) is 20.4. The minimum absolute atomic E-state index is 0.0333. The van der Waals surface area contributed by atoms with Crippen molar-refractivity contribution in [1.29, 1.82) is 5.41 Å². The second-order valence-corrected chi connectivity index (χ2v) is 6.75. The van der Waals surface area contributed by atoms with Gasteiger partial charge in [-0.2, -0.15) is 0 Å². The summed E-state index contributed by atoms with van der Waals surface area (Å²) in [5.41, 5.74) is 2.48. The number of anilines is 2. The van der Waals surface area contributed by atoms with Crippen molar-refractivity contribution in [3.8, 4) is 5.75 Å². The first kappa shape index (κ1) is 22.0. The highest BCUT2D eigenvalue weighted by Crippen LogP contribution is 2.29. The van der Waals surface area contributed by atoms with Crippen molar-refractivity contribution >= 4 is 46.0 Å². The van der Waals surface area contributed by atoms with Gasteiger partial charge in [0.2, 0.25) is 0 Å². The van der Waals surface area contributed by atoms with Crippen LogP contribution in [0.4, 0.5) is 11.4 Å². The van der Waals surface area contributed by atoms with Gasteiger partial charge in [-0.1, -0.05) is 35.3 Å². The lowest BCUT2D eigenvalue weighted by molar-refractivity contribution is -0.106. The standard InChI is InChI=1S/C11H15ClN2O.C9H9ClN2O/c1-15-11-8-9(2-3-10(11)12)14-6-4-13-5-7-14;10-9(11)7-3-1-2-4-8(7)12-5-6-13/h2-3,8,13H,4-7H2,1H3;1-4,6,11-12H,5H2. The summed E-state index contributed by atoms with van der Waals surface area (Å²) in [6.45, 7) is 4.35. The molecule has 0 atom stereocenters. The lowest BCUT2D eigenvalue weighted by Crippen LogP contribution is -2.43. The third-order valence-corrected chi connectivity index (χ3v) is 4.67. The van der Waals surface area contributed by atoms with Crippen LogP contribution in [0.3, 0.4) is 0 Å². The van der Waals surface area contributed by atoms with Crippen LogP contribution in [0.1, 0.15) is 5.56 Å². The number of carbonyl (C=O) groups excluding carboxylic acids is 1. The predicted molar refractivity (Wildman–Crippen MR) is 117 cm³/mol. The molecule has 0 amide bonds. The smallest absolute Gasteiger partial charge is 0.139 e. The van der Waals surface area contributed by atoms with Gasteiger partial charge < -0.3 is 25.1 Å². The molecule has 0 spiro atoms. The highest BCUT2D eigenvalue weighted by atomic mass is 35.5. The van der Waals surface area contributed by atoms with E-state index < -0.39 is 0 Å². The van der Waals surface area contributed by atoms with Crippen LogP contribution in [-0.4, -0.2) is 51.3 Å². The van der Waals surface area contributed by atoms with Crippen molar-refractivity contribution in [2.75, 3.05) is 50.1 Å². The summed E-state index contributed by atoms with van der Waals surface area (Å²) in [7, 11) is 1.64. The summed E-state index contributed by atoms with van der Waals surface area (Å²) in [4.78, 5) is 12.4. The molecule has 2 aromatic carbocycles. The number of halogens is 2. The van der Waals surface area contributed by atoms with Gasteiger partial charge in [0.05, 0.1) is 18.7 Å². The average molecular weight is 423 g/mol. The number of benzene rings is 2. The summed E-state index contributed by atoms with van der Waals surface area (Å²) >= 11 is 11.5. The summed E-state index contributed by atoms with van der Waals surface area (Å²) < 4.78 is 5.20. The Morgan fingerprint density at radius 3 is 2.64 bits per heavy atom. The first-order valence-electron chi connectivity index (χ1n) is 8.87. The number of nitrogens with one attached hydrogen (secondary N) is 3. The van der Waals surface area contributed by atoms with Gasteiger partial charge in [0.15, 0.2) is 0 Å². The Hall–Kier alpha value is -2.28. The molecule has 1 saturated heterocycles. The van der Waals surface area contributed by atoms with Gasteiger partial charge in [-0.05, 0) is 24.3 Å². The van der Waals surface area contributed by atoms with Gasteiger partial charge in [-0.25, -0.2) is 0 Å². The largest absolute Gasteiger partial charge is 0.495 e. The average Bonchev–Trinajstić information content (AvgIpc) is 2.74. The van der Waals surface area contributed by atoms with Crippen LogP contribution in [-0.2, 0) is 4.79 Å². The van der Waals surface area contributed by atoms with Crippen molar-refractivity contribution in [1.82, 2.24) is 5.32 Å². The first-order chi connectivity index (χ1) is 13.6.